The quantitative estimate of drug-likeness (QED) is 0.726. The largest absolute Gasteiger partial charge is 0.354 e. The van der Waals surface area contributed by atoms with Gasteiger partial charge < -0.3 is 10.6 Å². The highest BCUT2D eigenvalue weighted by Crippen LogP contribution is 2.05. The first kappa shape index (κ1) is 19.1. The summed E-state index contributed by atoms with van der Waals surface area (Å²) in [5.74, 6) is 0.463. The number of hydrogen-bond donors (Lipinski definition) is 2. The SMILES string of the molecule is CSCC[C@H](NC(=O)c1ccccc1)C(=O)NCCc1ccccc1. The van der Waals surface area contributed by atoms with Gasteiger partial charge in [-0.05, 0) is 42.5 Å². The molecule has 2 aromatic rings. The first-order valence-electron chi connectivity index (χ1n) is 8.37. The fourth-order valence-corrected chi connectivity index (χ4v) is 2.90. The van der Waals surface area contributed by atoms with Crippen LogP contribution in [0.25, 0.3) is 0 Å². The summed E-state index contributed by atoms with van der Waals surface area (Å²) in [6, 6.07) is 18.5. The molecule has 0 spiro atoms. The standard InChI is InChI=1S/C20H24N2O2S/c1-25-15-13-18(22-19(23)17-10-6-3-7-11-17)20(24)21-14-12-16-8-4-2-5-9-16/h2-11,18H,12-15H2,1H3,(H,21,24)(H,22,23)/t18-/m0/s1. The van der Waals surface area contributed by atoms with E-state index in [1.165, 1.54) is 5.56 Å². The highest BCUT2D eigenvalue weighted by Gasteiger charge is 2.20. The zero-order chi connectivity index (χ0) is 17.9. The van der Waals surface area contributed by atoms with Gasteiger partial charge in [0.2, 0.25) is 5.91 Å². The van der Waals surface area contributed by atoms with E-state index in [2.05, 4.69) is 10.6 Å². The van der Waals surface area contributed by atoms with Crippen LogP contribution < -0.4 is 10.6 Å². The fraction of sp³-hybridized carbons (Fsp3) is 0.300. The normalized spacial score (nSPS) is 11.6. The number of carbonyl (C=O) groups excluding carboxylic acids is 2. The van der Waals surface area contributed by atoms with Gasteiger partial charge in [0.15, 0.2) is 0 Å². The van der Waals surface area contributed by atoms with E-state index >= 15 is 0 Å². The molecular formula is C20H24N2O2S. The lowest BCUT2D eigenvalue weighted by Gasteiger charge is -2.18. The minimum atomic E-state index is -0.518. The molecule has 0 aromatic heterocycles. The monoisotopic (exact) mass is 356 g/mol. The molecule has 2 aromatic carbocycles. The van der Waals surface area contributed by atoms with E-state index in [0.717, 1.165) is 12.2 Å². The Morgan fingerprint density at radius 1 is 1.00 bits per heavy atom. The molecule has 132 valence electrons. The number of nitrogens with one attached hydrogen (secondary N) is 2. The molecule has 2 amide bonds. The molecule has 25 heavy (non-hydrogen) atoms. The predicted molar refractivity (Wildman–Crippen MR) is 104 cm³/mol. The summed E-state index contributed by atoms with van der Waals surface area (Å²) in [4.78, 5) is 24.8. The van der Waals surface area contributed by atoms with Crippen molar-refractivity contribution in [1.29, 1.82) is 0 Å². The maximum absolute atomic E-state index is 12.5. The third kappa shape index (κ3) is 6.63. The molecule has 0 heterocycles. The van der Waals surface area contributed by atoms with E-state index in [1.54, 1.807) is 23.9 Å². The number of hydrogen-bond acceptors (Lipinski definition) is 3. The van der Waals surface area contributed by atoms with Gasteiger partial charge in [-0.25, -0.2) is 0 Å². The molecule has 5 heteroatoms. The van der Waals surface area contributed by atoms with Crippen LogP contribution in [0, 0.1) is 0 Å². The maximum Gasteiger partial charge on any atom is 0.251 e. The van der Waals surface area contributed by atoms with E-state index < -0.39 is 6.04 Å². The molecule has 0 unspecified atom stereocenters. The van der Waals surface area contributed by atoms with Gasteiger partial charge in [0.05, 0.1) is 0 Å². The summed E-state index contributed by atoms with van der Waals surface area (Å²) in [6.07, 6.45) is 3.37. The third-order valence-electron chi connectivity index (χ3n) is 3.82. The van der Waals surface area contributed by atoms with E-state index in [1.807, 2.05) is 54.8 Å². The van der Waals surface area contributed by atoms with Crippen molar-refractivity contribution < 1.29 is 9.59 Å². The zero-order valence-corrected chi connectivity index (χ0v) is 15.2. The Morgan fingerprint density at radius 2 is 1.64 bits per heavy atom. The summed E-state index contributed by atoms with van der Waals surface area (Å²) in [5.41, 5.74) is 1.74. The number of amides is 2. The summed E-state index contributed by atoms with van der Waals surface area (Å²) in [6.45, 7) is 0.555. The summed E-state index contributed by atoms with van der Waals surface area (Å²) in [5, 5.41) is 5.79. The number of carbonyl (C=O) groups is 2. The fourth-order valence-electron chi connectivity index (χ4n) is 2.43. The van der Waals surface area contributed by atoms with Crippen molar-refractivity contribution in [2.75, 3.05) is 18.6 Å². The Kier molecular flexibility index (Phi) is 8.05. The zero-order valence-electron chi connectivity index (χ0n) is 14.4. The van der Waals surface area contributed by atoms with Crippen LogP contribution in [0.4, 0.5) is 0 Å². The Labute approximate surface area is 153 Å². The van der Waals surface area contributed by atoms with Crippen molar-refractivity contribution in [2.24, 2.45) is 0 Å². The van der Waals surface area contributed by atoms with Gasteiger partial charge in [-0.3, -0.25) is 9.59 Å². The van der Waals surface area contributed by atoms with Crippen LogP contribution in [-0.4, -0.2) is 36.4 Å². The molecule has 4 nitrogen and oxygen atoms in total. The van der Waals surface area contributed by atoms with Gasteiger partial charge in [0.1, 0.15) is 6.04 Å². The molecule has 0 saturated heterocycles. The van der Waals surface area contributed by atoms with Crippen LogP contribution in [0.3, 0.4) is 0 Å². The highest BCUT2D eigenvalue weighted by atomic mass is 32.2. The average molecular weight is 356 g/mol. The average Bonchev–Trinajstić information content (AvgIpc) is 2.66. The second kappa shape index (κ2) is 10.6. The minimum Gasteiger partial charge on any atom is -0.354 e. The molecule has 0 aliphatic carbocycles. The molecule has 2 N–H and O–H groups in total. The molecule has 0 radical (unpaired) electrons. The number of benzene rings is 2. The lowest BCUT2D eigenvalue weighted by atomic mass is 10.1. The van der Waals surface area contributed by atoms with Crippen LogP contribution in [0.15, 0.2) is 60.7 Å². The lowest BCUT2D eigenvalue weighted by Crippen LogP contribution is -2.47. The van der Waals surface area contributed by atoms with Crippen molar-refractivity contribution in [3.8, 4) is 0 Å². The van der Waals surface area contributed by atoms with Gasteiger partial charge in [-0.15, -0.1) is 0 Å². The molecule has 0 fully saturated rings. The van der Waals surface area contributed by atoms with Gasteiger partial charge in [0.25, 0.3) is 5.91 Å². The smallest absolute Gasteiger partial charge is 0.251 e. The minimum absolute atomic E-state index is 0.130. The summed E-state index contributed by atoms with van der Waals surface area (Å²) in [7, 11) is 0. The van der Waals surface area contributed by atoms with E-state index in [4.69, 9.17) is 0 Å². The highest BCUT2D eigenvalue weighted by molar-refractivity contribution is 7.98. The van der Waals surface area contributed by atoms with Crippen LogP contribution in [0.2, 0.25) is 0 Å². The van der Waals surface area contributed by atoms with E-state index in [0.29, 0.717) is 18.5 Å². The first-order valence-corrected chi connectivity index (χ1v) is 9.76. The summed E-state index contributed by atoms with van der Waals surface area (Å²) < 4.78 is 0. The molecule has 1 atom stereocenters. The predicted octanol–water partition coefficient (Wildman–Crippen LogP) is 2.90. The van der Waals surface area contributed by atoms with E-state index in [9.17, 15) is 9.59 Å². The van der Waals surface area contributed by atoms with Crippen molar-refractivity contribution >= 4 is 23.6 Å². The van der Waals surface area contributed by atoms with Crippen molar-refractivity contribution in [3.05, 3.63) is 71.8 Å². The van der Waals surface area contributed by atoms with Crippen molar-refractivity contribution in [3.63, 3.8) is 0 Å². The Morgan fingerprint density at radius 3 is 2.28 bits per heavy atom. The Balaban J connectivity index is 1.89. The molecule has 0 aliphatic heterocycles. The van der Waals surface area contributed by atoms with Gasteiger partial charge in [-0.1, -0.05) is 48.5 Å². The lowest BCUT2D eigenvalue weighted by molar-refractivity contribution is -0.122. The molecular weight excluding hydrogens is 332 g/mol. The van der Waals surface area contributed by atoms with E-state index in [-0.39, 0.29) is 11.8 Å². The Bertz CT molecular complexity index is 662. The summed E-state index contributed by atoms with van der Waals surface area (Å²) >= 11 is 1.66. The molecule has 0 saturated carbocycles. The van der Waals surface area contributed by atoms with Crippen LogP contribution in [0.1, 0.15) is 22.3 Å². The van der Waals surface area contributed by atoms with Gasteiger partial charge >= 0.3 is 0 Å². The van der Waals surface area contributed by atoms with Crippen LogP contribution in [0.5, 0.6) is 0 Å². The second-order valence-corrected chi connectivity index (χ2v) is 6.69. The second-order valence-electron chi connectivity index (χ2n) is 5.70. The Hall–Kier alpha value is -2.27. The number of rotatable bonds is 9. The number of thioether (sulfide) groups is 1. The topological polar surface area (TPSA) is 58.2 Å². The third-order valence-corrected chi connectivity index (χ3v) is 4.47. The maximum atomic E-state index is 12.5. The molecule has 2 rings (SSSR count). The molecule has 0 aliphatic rings. The van der Waals surface area contributed by atoms with Gasteiger partial charge in [-0.2, -0.15) is 11.8 Å². The molecule has 0 bridgehead atoms. The van der Waals surface area contributed by atoms with Gasteiger partial charge in [0, 0.05) is 12.1 Å². The van der Waals surface area contributed by atoms with Crippen molar-refractivity contribution in [2.45, 2.75) is 18.9 Å². The first-order chi connectivity index (χ1) is 12.2. The van der Waals surface area contributed by atoms with Crippen LogP contribution in [-0.2, 0) is 11.2 Å². The van der Waals surface area contributed by atoms with Crippen molar-refractivity contribution in [1.82, 2.24) is 10.6 Å². The van der Waals surface area contributed by atoms with Crippen LogP contribution >= 0.6 is 11.8 Å².